The molecule has 0 radical (unpaired) electrons. The van der Waals surface area contributed by atoms with Crippen molar-refractivity contribution in [3.63, 3.8) is 0 Å². The molecule has 0 aromatic carbocycles. The van der Waals surface area contributed by atoms with Gasteiger partial charge in [-0.15, -0.1) is 11.8 Å². The quantitative estimate of drug-likeness (QED) is 0.670. The Morgan fingerprint density at radius 2 is 2.17 bits per heavy atom. The third-order valence-corrected chi connectivity index (χ3v) is 5.80. The highest BCUT2D eigenvalue weighted by Crippen LogP contribution is 2.23. The molecule has 0 aliphatic carbocycles. The van der Waals surface area contributed by atoms with E-state index in [0.29, 0.717) is 6.42 Å². The van der Waals surface area contributed by atoms with E-state index in [4.69, 9.17) is 0 Å². The van der Waals surface area contributed by atoms with Gasteiger partial charge in [-0.2, -0.15) is 0 Å². The Bertz CT molecular complexity index is 406. The number of thioether (sulfide) groups is 1. The van der Waals surface area contributed by atoms with Crippen LogP contribution < -0.4 is 5.32 Å². The first-order valence-electron chi connectivity index (χ1n) is 5.58. The largest absolute Gasteiger partial charge is 0.469 e. The Hall–Kier alpha value is -0.760. The van der Waals surface area contributed by atoms with Gasteiger partial charge in [0, 0.05) is 11.8 Å². The highest BCUT2D eigenvalue weighted by atomic mass is 32.2. The number of amides is 1. The number of carbonyl (C=O) groups excluding carboxylic acids is 2. The van der Waals surface area contributed by atoms with Gasteiger partial charge in [0.1, 0.15) is 0 Å². The molecule has 1 atom stereocenters. The smallest absolute Gasteiger partial charge is 0.307 e. The molecular weight excluding hydrogens is 278 g/mol. The van der Waals surface area contributed by atoms with Crippen LogP contribution in [0.25, 0.3) is 0 Å². The number of carbonyl (C=O) groups is 2. The molecule has 104 valence electrons. The zero-order valence-electron chi connectivity index (χ0n) is 10.2. The summed E-state index contributed by atoms with van der Waals surface area (Å²) >= 11 is 1.35. The van der Waals surface area contributed by atoms with Gasteiger partial charge in [0.2, 0.25) is 5.91 Å². The molecule has 0 bridgehead atoms. The minimum Gasteiger partial charge on any atom is -0.469 e. The van der Waals surface area contributed by atoms with Crippen molar-refractivity contribution in [1.29, 1.82) is 0 Å². The Labute approximate surface area is 111 Å². The molecule has 1 amide bonds. The summed E-state index contributed by atoms with van der Waals surface area (Å²) in [5.74, 6) is 0.0429. The summed E-state index contributed by atoms with van der Waals surface area (Å²) in [6, 6.07) is 0. The first-order valence-corrected chi connectivity index (χ1v) is 8.45. The van der Waals surface area contributed by atoms with E-state index in [1.807, 2.05) is 0 Å². The summed E-state index contributed by atoms with van der Waals surface area (Å²) in [6.45, 7) is 0.245. The molecule has 1 rings (SSSR count). The summed E-state index contributed by atoms with van der Waals surface area (Å²) in [6.07, 6.45) is 0.757. The van der Waals surface area contributed by atoms with Gasteiger partial charge in [0.25, 0.3) is 0 Å². The van der Waals surface area contributed by atoms with Crippen molar-refractivity contribution >= 4 is 33.5 Å². The number of rotatable bonds is 6. The fraction of sp³-hybridized carbons (Fsp3) is 0.800. The van der Waals surface area contributed by atoms with Gasteiger partial charge in [-0.3, -0.25) is 9.59 Å². The molecule has 1 saturated heterocycles. The zero-order chi connectivity index (χ0) is 13.6. The van der Waals surface area contributed by atoms with Crippen LogP contribution in [0.3, 0.4) is 0 Å². The highest BCUT2D eigenvalue weighted by Gasteiger charge is 2.28. The van der Waals surface area contributed by atoms with Crippen LogP contribution in [0.1, 0.15) is 12.8 Å². The molecule has 1 N–H and O–H groups in total. The Morgan fingerprint density at radius 3 is 2.72 bits per heavy atom. The summed E-state index contributed by atoms with van der Waals surface area (Å²) in [5.41, 5.74) is 0. The molecule has 0 aromatic heterocycles. The Kier molecular flexibility index (Phi) is 5.94. The van der Waals surface area contributed by atoms with E-state index in [1.165, 1.54) is 18.9 Å². The monoisotopic (exact) mass is 295 g/mol. The second-order valence-electron chi connectivity index (χ2n) is 4.01. The standard InChI is InChI=1S/C10H17NO5S2/c1-16-10(13)2-4-11-9(12)6-17-8-3-5-18(14,15)7-8/h8H,2-7H2,1H3,(H,11,12). The Balaban J connectivity index is 2.12. The van der Waals surface area contributed by atoms with Crippen molar-refractivity contribution in [3.8, 4) is 0 Å². The molecular formula is C10H17NO5S2. The van der Waals surface area contributed by atoms with Crippen molar-refractivity contribution in [2.24, 2.45) is 0 Å². The molecule has 6 nitrogen and oxygen atoms in total. The van der Waals surface area contributed by atoms with Crippen LogP contribution in [0.4, 0.5) is 0 Å². The SMILES string of the molecule is COC(=O)CCNC(=O)CSC1CCS(=O)(=O)C1. The van der Waals surface area contributed by atoms with E-state index < -0.39 is 9.84 Å². The maximum absolute atomic E-state index is 11.4. The van der Waals surface area contributed by atoms with Crippen LogP contribution in [-0.2, 0) is 24.2 Å². The van der Waals surface area contributed by atoms with Crippen LogP contribution in [-0.4, -0.2) is 56.5 Å². The van der Waals surface area contributed by atoms with E-state index >= 15 is 0 Å². The Morgan fingerprint density at radius 1 is 1.44 bits per heavy atom. The van der Waals surface area contributed by atoms with E-state index in [2.05, 4.69) is 10.1 Å². The predicted octanol–water partition coefficient (Wildman–Crippen LogP) is -0.414. The maximum Gasteiger partial charge on any atom is 0.307 e. The maximum atomic E-state index is 11.4. The van der Waals surface area contributed by atoms with Gasteiger partial charge >= 0.3 is 5.97 Å². The second kappa shape index (κ2) is 6.98. The molecule has 1 fully saturated rings. The lowest BCUT2D eigenvalue weighted by molar-refractivity contribution is -0.140. The third-order valence-electron chi connectivity index (χ3n) is 2.52. The predicted molar refractivity (Wildman–Crippen MR) is 69.2 cm³/mol. The number of hydrogen-bond acceptors (Lipinski definition) is 6. The van der Waals surface area contributed by atoms with Gasteiger partial charge in [0.15, 0.2) is 9.84 Å². The van der Waals surface area contributed by atoms with Gasteiger partial charge < -0.3 is 10.1 Å². The third kappa shape index (κ3) is 5.72. The number of nitrogens with one attached hydrogen (secondary N) is 1. The van der Waals surface area contributed by atoms with Crippen LogP contribution in [0, 0.1) is 0 Å². The summed E-state index contributed by atoms with van der Waals surface area (Å²) in [5, 5.41) is 2.60. The van der Waals surface area contributed by atoms with Crippen molar-refractivity contribution in [2.75, 3.05) is 30.9 Å². The van der Waals surface area contributed by atoms with Gasteiger partial charge in [-0.1, -0.05) is 0 Å². The highest BCUT2D eigenvalue weighted by molar-refractivity contribution is 8.02. The number of esters is 1. The van der Waals surface area contributed by atoms with Crippen LogP contribution >= 0.6 is 11.8 Å². The number of hydrogen-bond donors (Lipinski definition) is 1. The van der Waals surface area contributed by atoms with E-state index in [-0.39, 0.29) is 47.4 Å². The minimum atomic E-state index is -2.89. The van der Waals surface area contributed by atoms with E-state index in [9.17, 15) is 18.0 Å². The van der Waals surface area contributed by atoms with Gasteiger partial charge in [-0.25, -0.2) is 8.42 Å². The van der Waals surface area contributed by atoms with Crippen molar-refractivity contribution in [3.05, 3.63) is 0 Å². The molecule has 0 aromatic rings. The lowest BCUT2D eigenvalue weighted by Crippen LogP contribution is -2.28. The fourth-order valence-electron chi connectivity index (χ4n) is 1.54. The molecule has 0 saturated carbocycles. The van der Waals surface area contributed by atoms with Crippen LogP contribution in [0.5, 0.6) is 0 Å². The fourth-order valence-corrected chi connectivity index (χ4v) is 5.02. The first kappa shape index (κ1) is 15.3. The summed E-state index contributed by atoms with van der Waals surface area (Å²) < 4.78 is 26.8. The minimum absolute atomic E-state index is 0.0151. The van der Waals surface area contributed by atoms with Crippen molar-refractivity contribution in [2.45, 2.75) is 18.1 Å². The number of methoxy groups -OCH3 is 1. The van der Waals surface area contributed by atoms with E-state index in [1.54, 1.807) is 0 Å². The molecule has 1 heterocycles. The average Bonchev–Trinajstić information content (AvgIpc) is 2.66. The normalized spacial score (nSPS) is 21.5. The summed E-state index contributed by atoms with van der Waals surface area (Å²) in [4.78, 5) is 22.2. The van der Waals surface area contributed by atoms with Gasteiger partial charge in [-0.05, 0) is 6.42 Å². The lowest BCUT2D eigenvalue weighted by atomic mass is 10.4. The molecule has 1 unspecified atom stereocenters. The van der Waals surface area contributed by atoms with Crippen LogP contribution in [0.2, 0.25) is 0 Å². The number of sulfone groups is 1. The topological polar surface area (TPSA) is 89.5 Å². The first-order chi connectivity index (χ1) is 8.43. The summed E-state index contributed by atoms with van der Waals surface area (Å²) in [7, 11) is -1.60. The molecule has 18 heavy (non-hydrogen) atoms. The average molecular weight is 295 g/mol. The van der Waals surface area contributed by atoms with Crippen molar-refractivity contribution in [1.82, 2.24) is 5.32 Å². The molecule has 0 spiro atoms. The van der Waals surface area contributed by atoms with Crippen molar-refractivity contribution < 1.29 is 22.7 Å². The van der Waals surface area contributed by atoms with Crippen LogP contribution in [0.15, 0.2) is 0 Å². The molecule has 1 aliphatic rings. The van der Waals surface area contributed by atoms with E-state index in [0.717, 1.165) is 0 Å². The number of ether oxygens (including phenoxy) is 1. The van der Waals surface area contributed by atoms with Gasteiger partial charge in [0.05, 0.1) is 30.8 Å². The second-order valence-corrected chi connectivity index (χ2v) is 7.53. The lowest BCUT2D eigenvalue weighted by Gasteiger charge is -2.07. The zero-order valence-corrected chi connectivity index (χ0v) is 11.8. The molecule has 8 heteroatoms. The molecule has 1 aliphatic heterocycles.